The van der Waals surface area contributed by atoms with E-state index in [2.05, 4.69) is 0 Å². The molecule has 0 atom stereocenters. The van der Waals surface area contributed by atoms with E-state index in [-0.39, 0.29) is 5.56 Å². The molecule has 0 saturated carbocycles. The van der Waals surface area contributed by atoms with Crippen molar-refractivity contribution in [3.8, 4) is 11.1 Å². The van der Waals surface area contributed by atoms with Gasteiger partial charge in [0.25, 0.3) is 5.91 Å². The molecule has 0 saturated heterocycles. The minimum atomic E-state index is -5.71. The van der Waals surface area contributed by atoms with Crippen molar-refractivity contribution in [3.05, 3.63) is 60.2 Å². The third-order valence-electron chi connectivity index (χ3n) is 2.79. The fourth-order valence-corrected chi connectivity index (χ4v) is 2.16. The number of carbonyl (C=O) groups excluding carboxylic acids is 1. The summed E-state index contributed by atoms with van der Waals surface area (Å²) in [5.74, 6) is -1.34. The van der Waals surface area contributed by atoms with Gasteiger partial charge >= 0.3 is 15.5 Å². The molecule has 8 heteroatoms. The van der Waals surface area contributed by atoms with Crippen molar-refractivity contribution < 1.29 is 26.4 Å². The molecule has 1 N–H and O–H groups in total. The van der Waals surface area contributed by atoms with Gasteiger partial charge in [-0.3, -0.25) is 4.79 Å². The Balaban J connectivity index is 2.19. The number of halogens is 3. The van der Waals surface area contributed by atoms with Crippen molar-refractivity contribution >= 4 is 15.9 Å². The SMILES string of the molecule is O=C(NS(=O)(=O)C(F)(F)F)c1ccc(-c2ccccc2)cc1. The van der Waals surface area contributed by atoms with Crippen LogP contribution in [-0.2, 0) is 10.0 Å². The van der Waals surface area contributed by atoms with Crippen LogP contribution in [0.3, 0.4) is 0 Å². The Morgan fingerprint density at radius 3 is 1.86 bits per heavy atom. The number of hydrogen-bond acceptors (Lipinski definition) is 3. The summed E-state index contributed by atoms with van der Waals surface area (Å²) in [6.45, 7) is 0. The third kappa shape index (κ3) is 3.45. The lowest BCUT2D eigenvalue weighted by molar-refractivity contribution is -0.0446. The lowest BCUT2D eigenvalue weighted by Gasteiger charge is -2.09. The molecule has 0 unspecified atom stereocenters. The van der Waals surface area contributed by atoms with Gasteiger partial charge in [0, 0.05) is 5.56 Å². The summed E-state index contributed by atoms with van der Waals surface area (Å²) in [5.41, 5.74) is -4.12. The number of nitrogens with one attached hydrogen (secondary N) is 1. The molecule has 1 amide bonds. The fraction of sp³-hybridized carbons (Fsp3) is 0.0714. The van der Waals surface area contributed by atoms with Gasteiger partial charge in [-0.25, -0.2) is 4.72 Å². The molecule has 2 rings (SSSR count). The summed E-state index contributed by atoms with van der Waals surface area (Å²) in [5, 5.41) is 0. The Morgan fingerprint density at radius 2 is 1.36 bits per heavy atom. The molecule has 2 aromatic rings. The molecule has 0 fully saturated rings. The lowest BCUT2D eigenvalue weighted by Crippen LogP contribution is -2.40. The largest absolute Gasteiger partial charge is 0.516 e. The van der Waals surface area contributed by atoms with E-state index in [4.69, 9.17) is 0 Å². The van der Waals surface area contributed by atoms with Crippen molar-refractivity contribution in [2.24, 2.45) is 0 Å². The summed E-state index contributed by atoms with van der Waals surface area (Å²) >= 11 is 0. The topological polar surface area (TPSA) is 63.2 Å². The highest BCUT2D eigenvalue weighted by Crippen LogP contribution is 2.23. The Kier molecular flexibility index (Phi) is 4.23. The highest BCUT2D eigenvalue weighted by molar-refractivity contribution is 7.90. The number of alkyl halides is 3. The number of carbonyl (C=O) groups is 1. The summed E-state index contributed by atoms with van der Waals surface area (Å²) in [6.07, 6.45) is 0. The molecular weight excluding hydrogens is 319 g/mol. The molecule has 0 spiro atoms. The van der Waals surface area contributed by atoms with E-state index in [1.807, 2.05) is 30.3 Å². The Labute approximate surface area is 124 Å². The Bertz CT molecular complexity index is 769. The number of hydrogen-bond donors (Lipinski definition) is 1. The van der Waals surface area contributed by atoms with E-state index in [1.54, 1.807) is 0 Å². The van der Waals surface area contributed by atoms with Crippen LogP contribution in [0.4, 0.5) is 13.2 Å². The zero-order valence-corrected chi connectivity index (χ0v) is 11.8. The zero-order chi connectivity index (χ0) is 16.4. The summed E-state index contributed by atoms with van der Waals surface area (Å²) in [4.78, 5) is 11.6. The molecule has 0 radical (unpaired) electrons. The van der Waals surface area contributed by atoms with Gasteiger partial charge in [0.15, 0.2) is 0 Å². The van der Waals surface area contributed by atoms with E-state index in [9.17, 15) is 26.4 Å². The van der Waals surface area contributed by atoms with Gasteiger partial charge in [0.2, 0.25) is 0 Å². The van der Waals surface area contributed by atoms with Crippen molar-refractivity contribution in [2.45, 2.75) is 5.51 Å². The number of benzene rings is 2. The molecule has 22 heavy (non-hydrogen) atoms. The third-order valence-corrected chi connectivity index (χ3v) is 3.85. The maximum Gasteiger partial charge on any atom is 0.516 e. The summed E-state index contributed by atoms with van der Waals surface area (Å²) < 4.78 is 59.3. The molecule has 4 nitrogen and oxygen atoms in total. The number of rotatable bonds is 3. The standard InChI is InChI=1S/C14H10F3NO3S/c15-14(16,17)22(20,21)18-13(19)12-8-6-11(7-9-12)10-4-2-1-3-5-10/h1-9H,(H,18,19). The Hall–Kier alpha value is -2.35. The van der Waals surface area contributed by atoms with Gasteiger partial charge in [0.1, 0.15) is 0 Å². The van der Waals surface area contributed by atoms with E-state index in [0.717, 1.165) is 15.8 Å². The van der Waals surface area contributed by atoms with Gasteiger partial charge < -0.3 is 0 Å². The zero-order valence-electron chi connectivity index (χ0n) is 11.0. The maximum absolute atomic E-state index is 12.2. The van der Waals surface area contributed by atoms with Gasteiger partial charge in [-0.05, 0) is 23.3 Å². The van der Waals surface area contributed by atoms with E-state index in [1.165, 1.54) is 24.3 Å². The van der Waals surface area contributed by atoms with Crippen molar-refractivity contribution in [2.75, 3.05) is 0 Å². The van der Waals surface area contributed by atoms with E-state index < -0.39 is 21.4 Å². The highest BCUT2D eigenvalue weighted by Gasteiger charge is 2.47. The second-order valence-electron chi connectivity index (χ2n) is 4.32. The van der Waals surface area contributed by atoms with E-state index in [0.29, 0.717) is 0 Å². The Morgan fingerprint density at radius 1 is 0.864 bits per heavy atom. The first-order valence-corrected chi connectivity index (χ1v) is 7.48. The average molecular weight is 329 g/mol. The van der Waals surface area contributed by atoms with Gasteiger partial charge in [0.05, 0.1) is 0 Å². The lowest BCUT2D eigenvalue weighted by atomic mass is 10.0. The first kappa shape index (κ1) is 16.0. The molecule has 116 valence electrons. The van der Waals surface area contributed by atoms with Gasteiger partial charge in [-0.15, -0.1) is 0 Å². The maximum atomic E-state index is 12.2. The highest BCUT2D eigenvalue weighted by atomic mass is 32.2. The second-order valence-corrected chi connectivity index (χ2v) is 6.00. The van der Waals surface area contributed by atoms with Gasteiger partial charge in [-0.2, -0.15) is 21.6 Å². The molecule has 0 aromatic heterocycles. The molecular formula is C14H10F3NO3S. The number of sulfonamides is 1. The second kappa shape index (κ2) is 5.80. The molecule has 0 aliphatic rings. The average Bonchev–Trinajstić information content (AvgIpc) is 2.47. The first-order valence-electron chi connectivity index (χ1n) is 5.99. The minimum Gasteiger partial charge on any atom is -0.268 e. The quantitative estimate of drug-likeness (QED) is 0.942. The monoisotopic (exact) mass is 329 g/mol. The van der Waals surface area contributed by atoms with E-state index >= 15 is 0 Å². The summed E-state index contributed by atoms with van der Waals surface area (Å²) in [6, 6.07) is 14.6. The fourth-order valence-electron chi connectivity index (χ4n) is 1.68. The van der Waals surface area contributed by atoms with Crippen LogP contribution in [0.1, 0.15) is 10.4 Å². The van der Waals surface area contributed by atoms with Crippen molar-refractivity contribution in [1.82, 2.24) is 4.72 Å². The molecule has 2 aromatic carbocycles. The summed E-state index contributed by atoms with van der Waals surface area (Å²) in [7, 11) is -5.71. The predicted octanol–water partition coefficient (Wildman–Crippen LogP) is 2.93. The van der Waals surface area contributed by atoms with Crippen LogP contribution < -0.4 is 4.72 Å². The van der Waals surface area contributed by atoms with Crippen LogP contribution in [0.15, 0.2) is 54.6 Å². The van der Waals surface area contributed by atoms with Crippen LogP contribution in [0, 0.1) is 0 Å². The molecule has 0 aliphatic heterocycles. The van der Waals surface area contributed by atoms with Crippen molar-refractivity contribution in [1.29, 1.82) is 0 Å². The first-order chi connectivity index (χ1) is 10.2. The number of amides is 1. The minimum absolute atomic E-state index is 0.187. The smallest absolute Gasteiger partial charge is 0.268 e. The van der Waals surface area contributed by atoms with Crippen LogP contribution in [0.25, 0.3) is 11.1 Å². The normalized spacial score (nSPS) is 12.0. The molecule has 0 bridgehead atoms. The molecule has 0 aliphatic carbocycles. The van der Waals surface area contributed by atoms with Crippen LogP contribution in [0.5, 0.6) is 0 Å². The predicted molar refractivity (Wildman–Crippen MR) is 74.3 cm³/mol. The van der Waals surface area contributed by atoms with Crippen molar-refractivity contribution in [3.63, 3.8) is 0 Å². The molecule has 0 heterocycles. The van der Waals surface area contributed by atoms with Gasteiger partial charge in [-0.1, -0.05) is 42.5 Å². The van der Waals surface area contributed by atoms with Crippen LogP contribution >= 0.6 is 0 Å². The van der Waals surface area contributed by atoms with Crippen LogP contribution in [0.2, 0.25) is 0 Å². The van der Waals surface area contributed by atoms with Crippen LogP contribution in [-0.4, -0.2) is 19.8 Å².